The molecule has 0 saturated carbocycles. The van der Waals surface area contributed by atoms with Gasteiger partial charge in [-0.1, -0.05) is 46.4 Å². The number of benzene rings is 1. The molecule has 0 aliphatic carbocycles. The van der Waals surface area contributed by atoms with Crippen LogP contribution in [-0.2, 0) is 14.6 Å². The van der Waals surface area contributed by atoms with E-state index in [1.165, 1.54) is 24.3 Å². The molecule has 18 heavy (non-hydrogen) atoms. The van der Waals surface area contributed by atoms with Gasteiger partial charge in [-0.15, -0.1) is 0 Å². The number of amides is 1. The minimum absolute atomic E-state index is 0.113. The Morgan fingerprint density at radius 2 is 1.67 bits per heavy atom. The zero-order valence-corrected chi connectivity index (χ0v) is 12.4. The van der Waals surface area contributed by atoms with Gasteiger partial charge in [0.2, 0.25) is 20.0 Å². The van der Waals surface area contributed by atoms with Crippen LogP contribution in [0.5, 0.6) is 0 Å². The molecule has 0 aliphatic heterocycles. The predicted octanol–water partition coefficient (Wildman–Crippen LogP) is 2.56. The standard InChI is InChI=1S/C9H7Cl4NO3S/c10-6-1-3-7(4-2-6)18(16,17)8(14-5-15)9(11,12)13/h1-5,8H,(H,14,15). The van der Waals surface area contributed by atoms with Crippen LogP contribution >= 0.6 is 46.4 Å². The molecular formula is C9H7Cl4NO3S. The molecule has 9 heteroatoms. The summed E-state index contributed by atoms with van der Waals surface area (Å²) in [5, 5.41) is 0.656. The van der Waals surface area contributed by atoms with Gasteiger partial charge in [-0.05, 0) is 24.3 Å². The third-order valence-electron chi connectivity index (χ3n) is 1.97. The Labute approximate surface area is 124 Å². The van der Waals surface area contributed by atoms with E-state index >= 15 is 0 Å². The molecule has 0 fully saturated rings. The molecule has 0 radical (unpaired) electrons. The molecule has 1 N–H and O–H groups in total. The highest BCUT2D eigenvalue weighted by Gasteiger charge is 2.43. The smallest absolute Gasteiger partial charge is 0.225 e. The molecule has 1 aromatic carbocycles. The van der Waals surface area contributed by atoms with Gasteiger partial charge in [-0.2, -0.15) is 0 Å². The number of rotatable bonds is 4. The summed E-state index contributed by atoms with van der Waals surface area (Å²) in [7, 11) is -4.03. The average Bonchev–Trinajstić information content (AvgIpc) is 2.24. The van der Waals surface area contributed by atoms with Crippen molar-refractivity contribution < 1.29 is 13.2 Å². The molecule has 0 aliphatic rings. The molecule has 1 rings (SSSR count). The average molecular weight is 351 g/mol. The van der Waals surface area contributed by atoms with E-state index in [4.69, 9.17) is 46.4 Å². The van der Waals surface area contributed by atoms with E-state index in [0.717, 1.165) is 0 Å². The van der Waals surface area contributed by atoms with Gasteiger partial charge >= 0.3 is 0 Å². The summed E-state index contributed by atoms with van der Waals surface area (Å²) in [4.78, 5) is 10.3. The van der Waals surface area contributed by atoms with Crippen molar-refractivity contribution in [3.05, 3.63) is 29.3 Å². The summed E-state index contributed by atoms with van der Waals surface area (Å²) in [5.41, 5.74) is 0. The van der Waals surface area contributed by atoms with Gasteiger partial charge in [0.25, 0.3) is 0 Å². The van der Waals surface area contributed by atoms with Crippen LogP contribution in [0.15, 0.2) is 29.2 Å². The molecule has 0 bridgehead atoms. The Hall–Kier alpha value is -0.200. The van der Waals surface area contributed by atoms with Crippen LogP contribution in [0.4, 0.5) is 0 Å². The lowest BCUT2D eigenvalue weighted by Crippen LogP contribution is -2.45. The van der Waals surface area contributed by atoms with Crippen molar-refractivity contribution in [3.8, 4) is 0 Å². The first-order valence-corrected chi connectivity index (χ1v) is 7.51. The number of carbonyl (C=O) groups is 1. The maximum atomic E-state index is 12.2. The zero-order valence-electron chi connectivity index (χ0n) is 8.61. The maximum Gasteiger partial charge on any atom is 0.225 e. The lowest BCUT2D eigenvalue weighted by molar-refractivity contribution is -0.109. The summed E-state index contributed by atoms with van der Waals surface area (Å²) >= 11 is 22.3. The van der Waals surface area contributed by atoms with Crippen molar-refractivity contribution in [1.29, 1.82) is 0 Å². The highest BCUT2D eigenvalue weighted by molar-refractivity contribution is 7.92. The van der Waals surface area contributed by atoms with Crippen molar-refractivity contribution in [1.82, 2.24) is 5.32 Å². The number of carbonyl (C=O) groups excluding carboxylic acids is 1. The van der Waals surface area contributed by atoms with Crippen molar-refractivity contribution in [3.63, 3.8) is 0 Å². The number of hydrogen-bond acceptors (Lipinski definition) is 3. The van der Waals surface area contributed by atoms with Crippen LogP contribution < -0.4 is 5.32 Å². The van der Waals surface area contributed by atoms with Crippen molar-refractivity contribution in [2.45, 2.75) is 14.1 Å². The molecule has 1 amide bonds. The summed E-state index contributed by atoms with van der Waals surface area (Å²) < 4.78 is 22.1. The van der Waals surface area contributed by atoms with E-state index in [0.29, 0.717) is 5.02 Å². The van der Waals surface area contributed by atoms with Gasteiger partial charge in [0, 0.05) is 5.02 Å². The van der Waals surface area contributed by atoms with Gasteiger partial charge in [0.15, 0.2) is 5.37 Å². The SMILES string of the molecule is O=CNC(C(Cl)(Cl)Cl)S(=O)(=O)c1ccc(Cl)cc1. The van der Waals surface area contributed by atoms with E-state index < -0.39 is 19.0 Å². The van der Waals surface area contributed by atoms with Crippen LogP contribution in [0.25, 0.3) is 0 Å². The minimum Gasteiger partial charge on any atom is -0.338 e. The number of nitrogens with one attached hydrogen (secondary N) is 1. The van der Waals surface area contributed by atoms with Crippen LogP contribution in [0.3, 0.4) is 0 Å². The molecule has 0 saturated heterocycles. The fraction of sp³-hybridized carbons (Fsp3) is 0.222. The lowest BCUT2D eigenvalue weighted by Gasteiger charge is -2.23. The highest BCUT2D eigenvalue weighted by Crippen LogP contribution is 2.35. The Bertz CT molecular complexity index is 524. The first-order chi connectivity index (χ1) is 8.19. The number of halogens is 4. The molecule has 0 aromatic heterocycles. The summed E-state index contributed by atoms with van der Waals surface area (Å²) in [5.74, 6) is 0. The second-order valence-electron chi connectivity index (χ2n) is 3.21. The second kappa shape index (κ2) is 5.84. The van der Waals surface area contributed by atoms with E-state index in [9.17, 15) is 13.2 Å². The third-order valence-corrected chi connectivity index (χ3v) is 5.30. The summed E-state index contributed by atoms with van der Waals surface area (Å²) in [6.45, 7) is 0. The van der Waals surface area contributed by atoms with E-state index in [1.54, 1.807) is 0 Å². The first kappa shape index (κ1) is 15.9. The normalized spacial score (nSPS) is 14.0. The van der Waals surface area contributed by atoms with Crippen molar-refractivity contribution in [2.24, 2.45) is 0 Å². The molecule has 1 unspecified atom stereocenters. The Morgan fingerprint density at radius 3 is 2.06 bits per heavy atom. The van der Waals surface area contributed by atoms with Gasteiger partial charge in [-0.3, -0.25) is 4.79 Å². The van der Waals surface area contributed by atoms with Crippen LogP contribution in [-0.4, -0.2) is 24.0 Å². The van der Waals surface area contributed by atoms with E-state index in [1.807, 2.05) is 5.32 Å². The summed E-state index contributed by atoms with van der Waals surface area (Å²) in [6, 6.07) is 5.27. The van der Waals surface area contributed by atoms with Crippen LogP contribution in [0, 0.1) is 0 Å². The molecular weight excluding hydrogens is 344 g/mol. The quantitative estimate of drug-likeness (QED) is 0.670. The molecule has 0 spiro atoms. The van der Waals surface area contributed by atoms with E-state index in [-0.39, 0.29) is 11.3 Å². The second-order valence-corrected chi connectivity index (χ2v) is 8.04. The fourth-order valence-corrected chi connectivity index (χ4v) is 3.93. The maximum absolute atomic E-state index is 12.2. The van der Waals surface area contributed by atoms with Gasteiger partial charge in [0.1, 0.15) is 0 Å². The number of sulfone groups is 1. The van der Waals surface area contributed by atoms with Gasteiger partial charge < -0.3 is 5.32 Å². The van der Waals surface area contributed by atoms with Gasteiger partial charge in [-0.25, -0.2) is 8.42 Å². The Balaban J connectivity index is 3.25. The van der Waals surface area contributed by atoms with Crippen molar-refractivity contribution in [2.75, 3.05) is 0 Å². The molecule has 1 aromatic rings. The zero-order chi connectivity index (χ0) is 14.0. The molecule has 4 nitrogen and oxygen atoms in total. The lowest BCUT2D eigenvalue weighted by atomic mass is 10.4. The third kappa shape index (κ3) is 3.65. The molecule has 1 atom stereocenters. The van der Waals surface area contributed by atoms with E-state index in [2.05, 4.69) is 0 Å². The highest BCUT2D eigenvalue weighted by atomic mass is 35.6. The number of alkyl halides is 3. The minimum atomic E-state index is -4.03. The molecule has 100 valence electrons. The largest absolute Gasteiger partial charge is 0.338 e. The van der Waals surface area contributed by atoms with Crippen LogP contribution in [0.2, 0.25) is 5.02 Å². The predicted molar refractivity (Wildman–Crippen MR) is 71.9 cm³/mol. The topological polar surface area (TPSA) is 63.2 Å². The Morgan fingerprint density at radius 1 is 1.17 bits per heavy atom. The molecule has 0 heterocycles. The monoisotopic (exact) mass is 349 g/mol. The first-order valence-electron chi connectivity index (χ1n) is 4.45. The van der Waals surface area contributed by atoms with Gasteiger partial charge in [0.05, 0.1) is 4.90 Å². The Kier molecular flexibility index (Phi) is 5.14. The van der Waals surface area contributed by atoms with Crippen LogP contribution in [0.1, 0.15) is 0 Å². The number of hydrogen-bond donors (Lipinski definition) is 1. The fourth-order valence-electron chi connectivity index (χ4n) is 1.18. The van der Waals surface area contributed by atoms with Crippen molar-refractivity contribution >= 4 is 62.7 Å². The summed E-state index contributed by atoms with van der Waals surface area (Å²) in [6.07, 6.45) is 0.153.